The van der Waals surface area contributed by atoms with Crippen LogP contribution in [0, 0.1) is 18.3 Å². The summed E-state index contributed by atoms with van der Waals surface area (Å²) in [5, 5.41) is 12.8. The summed E-state index contributed by atoms with van der Waals surface area (Å²) < 4.78 is 25.4. The smallest absolute Gasteiger partial charge is 0.157 e. The molecule has 2 aromatic heterocycles. The maximum Gasteiger partial charge on any atom is 0.157 e. The van der Waals surface area contributed by atoms with E-state index < -0.39 is 9.84 Å². The molecule has 1 aliphatic heterocycles. The minimum atomic E-state index is -2.96. The number of nitriles is 1. The summed E-state index contributed by atoms with van der Waals surface area (Å²) in [6.45, 7) is 1.87. The standard InChI is InChI=1S/C17H16N4O2S/c1-11-8-16(19-12-6-7-24(22,23)10-12)21-15-5-3-2-4-14(15)20-17(21)13(11)9-18/h2-5,8,12,19H,6-7,10H2,1H3. The van der Waals surface area contributed by atoms with Crippen LogP contribution in [0.25, 0.3) is 16.7 Å². The molecule has 1 aliphatic rings. The van der Waals surface area contributed by atoms with Crippen LogP contribution < -0.4 is 5.32 Å². The quantitative estimate of drug-likeness (QED) is 0.773. The van der Waals surface area contributed by atoms with Crippen molar-refractivity contribution in [3.63, 3.8) is 0 Å². The van der Waals surface area contributed by atoms with Gasteiger partial charge in [0.1, 0.15) is 11.9 Å². The minimum absolute atomic E-state index is 0.119. The third kappa shape index (κ3) is 2.31. The molecule has 4 rings (SSSR count). The van der Waals surface area contributed by atoms with Crippen molar-refractivity contribution in [3.8, 4) is 6.07 Å². The van der Waals surface area contributed by atoms with Gasteiger partial charge in [0.05, 0.1) is 28.1 Å². The Hall–Kier alpha value is -2.59. The van der Waals surface area contributed by atoms with E-state index in [1.54, 1.807) is 0 Å². The van der Waals surface area contributed by atoms with E-state index in [1.165, 1.54) is 0 Å². The normalized spacial score (nSPS) is 19.6. The van der Waals surface area contributed by atoms with E-state index in [4.69, 9.17) is 0 Å². The monoisotopic (exact) mass is 340 g/mol. The van der Waals surface area contributed by atoms with Crippen molar-refractivity contribution in [2.75, 3.05) is 16.8 Å². The molecule has 3 heterocycles. The van der Waals surface area contributed by atoms with E-state index in [2.05, 4.69) is 16.4 Å². The van der Waals surface area contributed by atoms with Gasteiger partial charge in [-0.3, -0.25) is 4.40 Å². The van der Waals surface area contributed by atoms with Crippen molar-refractivity contribution in [2.45, 2.75) is 19.4 Å². The van der Waals surface area contributed by atoms with Crippen LogP contribution >= 0.6 is 0 Å². The molecule has 1 N–H and O–H groups in total. The van der Waals surface area contributed by atoms with Crippen molar-refractivity contribution in [1.82, 2.24) is 9.38 Å². The molecule has 0 spiro atoms. The number of hydrogen-bond acceptors (Lipinski definition) is 5. The highest BCUT2D eigenvalue weighted by Crippen LogP contribution is 2.28. The lowest BCUT2D eigenvalue weighted by atomic mass is 10.1. The van der Waals surface area contributed by atoms with Crippen molar-refractivity contribution in [1.29, 1.82) is 5.26 Å². The van der Waals surface area contributed by atoms with Gasteiger partial charge in [-0.1, -0.05) is 12.1 Å². The molecule has 1 saturated heterocycles. The second-order valence-corrected chi connectivity index (χ2v) is 8.43. The highest BCUT2D eigenvalue weighted by molar-refractivity contribution is 7.91. The largest absolute Gasteiger partial charge is 0.367 e. The molecule has 0 saturated carbocycles. The predicted octanol–water partition coefficient (Wildman–Crippen LogP) is 2.27. The number of fused-ring (bicyclic) bond motifs is 3. The lowest BCUT2D eigenvalue weighted by Crippen LogP contribution is -2.22. The molecular weight excluding hydrogens is 324 g/mol. The van der Waals surface area contributed by atoms with E-state index >= 15 is 0 Å². The van der Waals surface area contributed by atoms with Crippen LogP contribution in [0.3, 0.4) is 0 Å². The van der Waals surface area contributed by atoms with Gasteiger partial charge in [0.25, 0.3) is 0 Å². The van der Waals surface area contributed by atoms with Crippen LogP contribution in [-0.4, -0.2) is 35.4 Å². The van der Waals surface area contributed by atoms with E-state index in [0.717, 1.165) is 22.4 Å². The van der Waals surface area contributed by atoms with Gasteiger partial charge in [-0.05, 0) is 37.1 Å². The SMILES string of the molecule is Cc1cc(NC2CCS(=O)(=O)C2)n2c(nc3ccccc32)c1C#N. The van der Waals surface area contributed by atoms with E-state index in [1.807, 2.05) is 41.7 Å². The molecule has 1 atom stereocenters. The van der Waals surface area contributed by atoms with Crippen molar-refractivity contribution < 1.29 is 8.42 Å². The Morgan fingerprint density at radius 2 is 2.17 bits per heavy atom. The summed E-state index contributed by atoms with van der Waals surface area (Å²) in [6.07, 6.45) is 0.593. The zero-order valence-electron chi connectivity index (χ0n) is 13.2. The number of aromatic nitrogens is 2. The van der Waals surface area contributed by atoms with E-state index in [9.17, 15) is 13.7 Å². The summed E-state index contributed by atoms with van der Waals surface area (Å²) in [4.78, 5) is 4.59. The molecule has 1 fully saturated rings. The van der Waals surface area contributed by atoms with Crippen LogP contribution in [-0.2, 0) is 9.84 Å². The zero-order chi connectivity index (χ0) is 16.9. The molecule has 6 nitrogen and oxygen atoms in total. The van der Waals surface area contributed by atoms with Crippen LogP contribution in [0.5, 0.6) is 0 Å². The number of aryl methyl sites for hydroxylation is 1. The molecule has 0 aliphatic carbocycles. The molecule has 0 amide bonds. The highest BCUT2D eigenvalue weighted by atomic mass is 32.2. The topological polar surface area (TPSA) is 87.3 Å². The summed E-state index contributed by atoms with van der Waals surface area (Å²) in [6, 6.07) is 11.7. The first-order valence-electron chi connectivity index (χ1n) is 7.76. The Labute approximate surface area is 139 Å². The average molecular weight is 340 g/mol. The second kappa shape index (κ2) is 5.21. The summed E-state index contributed by atoms with van der Waals surface area (Å²) in [5.74, 6) is 1.13. The molecule has 24 heavy (non-hydrogen) atoms. The molecule has 0 bridgehead atoms. The fraction of sp³-hybridized carbons (Fsp3) is 0.294. The van der Waals surface area contributed by atoms with Gasteiger partial charge in [-0.2, -0.15) is 5.26 Å². The lowest BCUT2D eigenvalue weighted by Gasteiger charge is -2.16. The maximum atomic E-state index is 11.7. The van der Waals surface area contributed by atoms with Gasteiger partial charge in [0.15, 0.2) is 15.5 Å². The highest BCUT2D eigenvalue weighted by Gasteiger charge is 2.28. The van der Waals surface area contributed by atoms with Gasteiger partial charge < -0.3 is 5.32 Å². The van der Waals surface area contributed by atoms with Gasteiger partial charge in [-0.15, -0.1) is 0 Å². The Kier molecular flexibility index (Phi) is 3.25. The number of sulfone groups is 1. The summed E-state index contributed by atoms with van der Waals surface area (Å²) in [7, 11) is -2.96. The third-order valence-corrected chi connectivity index (χ3v) is 6.24. The van der Waals surface area contributed by atoms with Crippen LogP contribution in [0.15, 0.2) is 30.3 Å². The minimum Gasteiger partial charge on any atom is -0.367 e. The molecule has 1 unspecified atom stereocenters. The molecular formula is C17H16N4O2S. The first kappa shape index (κ1) is 15.0. The van der Waals surface area contributed by atoms with Crippen molar-refractivity contribution in [3.05, 3.63) is 41.5 Å². The molecule has 3 aromatic rings. The van der Waals surface area contributed by atoms with E-state index in [0.29, 0.717) is 17.6 Å². The van der Waals surface area contributed by atoms with Gasteiger partial charge in [0.2, 0.25) is 0 Å². The molecule has 1 aromatic carbocycles. The fourth-order valence-electron chi connectivity index (χ4n) is 3.32. The number of imidazole rings is 1. The Morgan fingerprint density at radius 3 is 2.88 bits per heavy atom. The molecule has 7 heteroatoms. The number of benzene rings is 1. The lowest BCUT2D eigenvalue weighted by molar-refractivity contribution is 0.602. The number of para-hydroxylation sites is 2. The zero-order valence-corrected chi connectivity index (χ0v) is 14.0. The predicted molar refractivity (Wildman–Crippen MR) is 92.8 cm³/mol. The second-order valence-electron chi connectivity index (χ2n) is 6.20. The first-order valence-corrected chi connectivity index (χ1v) is 9.58. The summed E-state index contributed by atoms with van der Waals surface area (Å²) >= 11 is 0. The number of hydrogen-bond donors (Lipinski definition) is 1. The summed E-state index contributed by atoms with van der Waals surface area (Å²) in [5.41, 5.74) is 3.66. The molecule has 122 valence electrons. The van der Waals surface area contributed by atoms with Gasteiger partial charge in [0, 0.05) is 6.04 Å². The third-order valence-electron chi connectivity index (χ3n) is 4.47. The molecule has 0 radical (unpaired) electrons. The van der Waals surface area contributed by atoms with Crippen molar-refractivity contribution >= 4 is 32.3 Å². The Balaban J connectivity index is 1.93. The van der Waals surface area contributed by atoms with E-state index in [-0.39, 0.29) is 17.5 Å². The number of nitrogens with one attached hydrogen (secondary N) is 1. The van der Waals surface area contributed by atoms with Crippen LogP contribution in [0.4, 0.5) is 5.82 Å². The average Bonchev–Trinajstić information content (AvgIpc) is 3.07. The Bertz CT molecular complexity index is 1110. The Morgan fingerprint density at radius 1 is 1.38 bits per heavy atom. The fourth-order valence-corrected chi connectivity index (χ4v) is 4.99. The number of pyridine rings is 1. The number of anilines is 1. The maximum absolute atomic E-state index is 11.7. The number of rotatable bonds is 2. The van der Waals surface area contributed by atoms with Crippen molar-refractivity contribution in [2.24, 2.45) is 0 Å². The van der Waals surface area contributed by atoms with Crippen LogP contribution in [0.2, 0.25) is 0 Å². The van der Waals surface area contributed by atoms with Crippen LogP contribution in [0.1, 0.15) is 17.5 Å². The first-order chi connectivity index (χ1) is 11.5. The number of nitrogens with zero attached hydrogens (tertiary/aromatic N) is 3. The van der Waals surface area contributed by atoms with Gasteiger partial charge in [-0.25, -0.2) is 13.4 Å². The van der Waals surface area contributed by atoms with Gasteiger partial charge >= 0.3 is 0 Å².